The van der Waals surface area contributed by atoms with Crippen molar-refractivity contribution in [1.29, 1.82) is 0 Å². The fourth-order valence-electron chi connectivity index (χ4n) is 4.03. The van der Waals surface area contributed by atoms with Crippen molar-refractivity contribution in [3.8, 4) is 0 Å². The number of nitrogens with zero attached hydrogens (tertiary/aromatic N) is 1. The molecule has 1 N–H and O–H groups in total. The number of rotatable bonds is 2. The van der Waals surface area contributed by atoms with Crippen LogP contribution < -0.4 is 0 Å². The predicted molar refractivity (Wildman–Crippen MR) is 77.2 cm³/mol. The highest BCUT2D eigenvalue weighted by molar-refractivity contribution is 5.75. The number of likely N-dealkylation sites (tertiary alicyclic amines) is 1. The number of carbonyl (C=O) groups is 1. The molecule has 0 atom stereocenters. The molecule has 2 fully saturated rings. The van der Waals surface area contributed by atoms with Crippen molar-refractivity contribution in [1.82, 2.24) is 4.90 Å². The van der Waals surface area contributed by atoms with E-state index in [1.54, 1.807) is 0 Å². The molecule has 0 bridgehead atoms. The third kappa shape index (κ3) is 2.96. The first-order valence-electron chi connectivity index (χ1n) is 7.85. The van der Waals surface area contributed by atoms with Gasteiger partial charge in [0.05, 0.1) is 5.41 Å². The Morgan fingerprint density at radius 2 is 1.63 bits per heavy atom. The molecule has 0 spiro atoms. The SMILES string of the molecule is CC(C)(C)N1CCC(C(=O)O)(C2CCCCC2)CC1. The largest absolute Gasteiger partial charge is 0.481 e. The van der Waals surface area contributed by atoms with Crippen molar-refractivity contribution in [3.63, 3.8) is 0 Å². The molecule has 0 aromatic carbocycles. The Balaban J connectivity index is 2.09. The van der Waals surface area contributed by atoms with E-state index in [9.17, 15) is 9.90 Å². The van der Waals surface area contributed by atoms with E-state index >= 15 is 0 Å². The number of piperidine rings is 1. The standard InChI is InChI=1S/C16H29NO2/c1-15(2,3)17-11-9-16(10-12-17,14(18)19)13-7-5-4-6-8-13/h13H,4-12H2,1-3H3,(H,18,19). The summed E-state index contributed by atoms with van der Waals surface area (Å²) in [5, 5.41) is 9.81. The normalized spacial score (nSPS) is 26.3. The maximum absolute atomic E-state index is 11.9. The molecule has 110 valence electrons. The van der Waals surface area contributed by atoms with Crippen LogP contribution in [0, 0.1) is 11.3 Å². The van der Waals surface area contributed by atoms with Crippen LogP contribution in [-0.2, 0) is 4.79 Å². The van der Waals surface area contributed by atoms with E-state index < -0.39 is 11.4 Å². The van der Waals surface area contributed by atoms with Crippen LogP contribution in [0.15, 0.2) is 0 Å². The lowest BCUT2D eigenvalue weighted by Gasteiger charge is -2.48. The minimum atomic E-state index is -0.534. The molecular weight excluding hydrogens is 238 g/mol. The molecule has 0 aromatic rings. The Morgan fingerprint density at radius 1 is 1.11 bits per heavy atom. The van der Waals surface area contributed by atoms with Gasteiger partial charge >= 0.3 is 5.97 Å². The molecule has 0 radical (unpaired) electrons. The summed E-state index contributed by atoms with van der Waals surface area (Å²) in [6.07, 6.45) is 7.67. The maximum Gasteiger partial charge on any atom is 0.310 e. The molecule has 19 heavy (non-hydrogen) atoms. The zero-order valence-corrected chi connectivity index (χ0v) is 12.7. The second kappa shape index (κ2) is 5.43. The Hall–Kier alpha value is -0.570. The second-order valence-electron chi connectivity index (χ2n) is 7.45. The van der Waals surface area contributed by atoms with Crippen LogP contribution in [0.3, 0.4) is 0 Å². The molecular formula is C16H29NO2. The van der Waals surface area contributed by atoms with Gasteiger partial charge in [0.25, 0.3) is 0 Å². The van der Waals surface area contributed by atoms with Crippen molar-refractivity contribution in [2.45, 2.75) is 71.3 Å². The van der Waals surface area contributed by atoms with E-state index in [0.29, 0.717) is 5.92 Å². The summed E-state index contributed by atoms with van der Waals surface area (Å²) in [5.41, 5.74) is -0.264. The van der Waals surface area contributed by atoms with Gasteiger partial charge in [0.15, 0.2) is 0 Å². The third-order valence-electron chi connectivity index (χ3n) is 5.42. The summed E-state index contributed by atoms with van der Waals surface area (Å²) < 4.78 is 0. The van der Waals surface area contributed by atoms with E-state index in [2.05, 4.69) is 25.7 Å². The van der Waals surface area contributed by atoms with E-state index in [4.69, 9.17) is 0 Å². The molecule has 1 saturated heterocycles. The summed E-state index contributed by atoms with van der Waals surface area (Å²) in [6.45, 7) is 8.54. The summed E-state index contributed by atoms with van der Waals surface area (Å²) in [4.78, 5) is 14.4. The van der Waals surface area contributed by atoms with Gasteiger partial charge < -0.3 is 5.11 Å². The number of aliphatic carboxylic acids is 1. The van der Waals surface area contributed by atoms with E-state index in [1.807, 2.05) is 0 Å². The quantitative estimate of drug-likeness (QED) is 0.832. The molecule has 0 aromatic heterocycles. The molecule has 3 nitrogen and oxygen atoms in total. The van der Waals surface area contributed by atoms with Crippen LogP contribution in [-0.4, -0.2) is 34.6 Å². The van der Waals surface area contributed by atoms with E-state index in [-0.39, 0.29) is 5.54 Å². The maximum atomic E-state index is 11.9. The highest BCUT2D eigenvalue weighted by Gasteiger charge is 2.48. The number of carboxylic acids is 1. The van der Waals surface area contributed by atoms with Crippen LogP contribution in [0.5, 0.6) is 0 Å². The lowest BCUT2D eigenvalue weighted by molar-refractivity contribution is -0.159. The monoisotopic (exact) mass is 267 g/mol. The van der Waals surface area contributed by atoms with Crippen molar-refractivity contribution in [2.75, 3.05) is 13.1 Å². The lowest BCUT2D eigenvalue weighted by Crippen LogP contribution is -2.53. The predicted octanol–water partition coefficient (Wildman–Crippen LogP) is 3.53. The van der Waals surface area contributed by atoms with Gasteiger partial charge in [0, 0.05) is 5.54 Å². The molecule has 2 aliphatic rings. The summed E-state index contributed by atoms with van der Waals surface area (Å²) >= 11 is 0. The van der Waals surface area contributed by atoms with Crippen LogP contribution in [0.1, 0.15) is 65.7 Å². The van der Waals surface area contributed by atoms with E-state index in [1.165, 1.54) is 19.3 Å². The first-order chi connectivity index (χ1) is 8.86. The molecule has 1 heterocycles. The number of hydrogen-bond donors (Lipinski definition) is 1. The number of hydrogen-bond acceptors (Lipinski definition) is 2. The van der Waals surface area contributed by atoms with Gasteiger partial charge in [0.2, 0.25) is 0 Å². The highest BCUT2D eigenvalue weighted by atomic mass is 16.4. The molecule has 1 aliphatic carbocycles. The van der Waals surface area contributed by atoms with Crippen LogP contribution in [0.4, 0.5) is 0 Å². The summed E-state index contributed by atoms with van der Waals surface area (Å²) in [7, 11) is 0. The minimum absolute atomic E-state index is 0.164. The van der Waals surface area contributed by atoms with Crippen molar-refractivity contribution < 1.29 is 9.90 Å². The smallest absolute Gasteiger partial charge is 0.310 e. The molecule has 1 saturated carbocycles. The zero-order valence-electron chi connectivity index (χ0n) is 12.7. The molecule has 0 amide bonds. The Bertz CT molecular complexity index is 318. The van der Waals surface area contributed by atoms with E-state index in [0.717, 1.165) is 38.8 Å². The van der Waals surface area contributed by atoms with Crippen molar-refractivity contribution in [3.05, 3.63) is 0 Å². The van der Waals surface area contributed by atoms with Crippen LogP contribution >= 0.6 is 0 Å². The Morgan fingerprint density at radius 3 is 2.05 bits per heavy atom. The molecule has 0 unspecified atom stereocenters. The van der Waals surface area contributed by atoms with Crippen molar-refractivity contribution in [2.24, 2.45) is 11.3 Å². The second-order valence-corrected chi connectivity index (χ2v) is 7.45. The Labute approximate surface area is 117 Å². The zero-order chi connectivity index (χ0) is 14.1. The number of carboxylic acid groups (broad SMARTS) is 1. The first kappa shape index (κ1) is 14.8. The first-order valence-corrected chi connectivity index (χ1v) is 7.85. The van der Waals surface area contributed by atoms with Gasteiger partial charge in [-0.15, -0.1) is 0 Å². The highest BCUT2D eigenvalue weighted by Crippen LogP contribution is 2.46. The topological polar surface area (TPSA) is 40.5 Å². The summed E-state index contributed by atoms with van der Waals surface area (Å²) in [5.74, 6) is -0.117. The lowest BCUT2D eigenvalue weighted by atomic mass is 9.63. The summed E-state index contributed by atoms with van der Waals surface area (Å²) in [6, 6.07) is 0. The van der Waals surface area contributed by atoms with Gasteiger partial charge in [-0.1, -0.05) is 19.3 Å². The minimum Gasteiger partial charge on any atom is -0.481 e. The fraction of sp³-hybridized carbons (Fsp3) is 0.938. The Kier molecular flexibility index (Phi) is 4.24. The average molecular weight is 267 g/mol. The van der Waals surface area contributed by atoms with Gasteiger partial charge in [0.1, 0.15) is 0 Å². The van der Waals surface area contributed by atoms with Gasteiger partial charge in [-0.3, -0.25) is 9.69 Å². The average Bonchev–Trinajstić information content (AvgIpc) is 2.38. The molecule has 2 rings (SSSR count). The van der Waals surface area contributed by atoms with Crippen molar-refractivity contribution >= 4 is 5.97 Å². The van der Waals surface area contributed by atoms with Crippen LogP contribution in [0.25, 0.3) is 0 Å². The van der Waals surface area contributed by atoms with Gasteiger partial charge in [-0.05, 0) is 65.5 Å². The fourth-order valence-corrected chi connectivity index (χ4v) is 4.03. The van der Waals surface area contributed by atoms with Gasteiger partial charge in [-0.25, -0.2) is 0 Å². The molecule has 3 heteroatoms. The molecule has 1 aliphatic heterocycles. The van der Waals surface area contributed by atoms with Crippen LogP contribution in [0.2, 0.25) is 0 Å². The third-order valence-corrected chi connectivity index (χ3v) is 5.42. The van der Waals surface area contributed by atoms with Gasteiger partial charge in [-0.2, -0.15) is 0 Å².